The van der Waals surface area contributed by atoms with Gasteiger partial charge >= 0.3 is 5.97 Å². The summed E-state index contributed by atoms with van der Waals surface area (Å²) in [6.07, 6.45) is 0. The molecule has 0 radical (unpaired) electrons. The first-order valence-corrected chi connectivity index (χ1v) is 9.46. The molecule has 0 saturated carbocycles. The maximum absolute atomic E-state index is 12.1. The molecule has 0 aromatic heterocycles. The number of anilines is 1. The lowest BCUT2D eigenvalue weighted by molar-refractivity contribution is -0.384. The third-order valence-electron chi connectivity index (χ3n) is 3.61. The van der Waals surface area contributed by atoms with Crippen LogP contribution in [0.1, 0.15) is 0 Å². The predicted octanol–water partition coefficient (Wildman–Crippen LogP) is 1.90. The number of non-ortho nitro benzene ring substituents is 1. The molecule has 2 aromatic carbocycles. The maximum atomic E-state index is 12.1. The molecule has 0 aliphatic heterocycles. The van der Waals surface area contributed by atoms with Crippen molar-refractivity contribution in [1.82, 2.24) is 0 Å². The number of ether oxygens (including phenoxy) is 3. The number of hydrogen-bond donors (Lipinski definition) is 1. The molecule has 154 valence electrons. The minimum Gasteiger partial charge on any atom is -0.497 e. The highest BCUT2D eigenvalue weighted by molar-refractivity contribution is 7.85. The minimum atomic E-state index is -1.76. The van der Waals surface area contributed by atoms with Crippen molar-refractivity contribution in [3.05, 3.63) is 52.6 Å². The van der Waals surface area contributed by atoms with E-state index in [0.717, 1.165) is 0 Å². The number of benzene rings is 2. The molecular weight excluding hydrogens is 404 g/mol. The van der Waals surface area contributed by atoms with Gasteiger partial charge in [0.25, 0.3) is 11.6 Å². The number of amides is 1. The average Bonchev–Trinajstić information content (AvgIpc) is 2.72. The highest BCUT2D eigenvalue weighted by Gasteiger charge is 2.15. The fourth-order valence-corrected chi connectivity index (χ4v) is 3.09. The Morgan fingerprint density at radius 2 is 1.79 bits per heavy atom. The van der Waals surface area contributed by atoms with Crippen LogP contribution in [0.3, 0.4) is 0 Å². The van der Waals surface area contributed by atoms with E-state index in [1.54, 1.807) is 18.2 Å². The van der Waals surface area contributed by atoms with Crippen LogP contribution in [0.15, 0.2) is 47.4 Å². The Morgan fingerprint density at radius 3 is 2.38 bits per heavy atom. The van der Waals surface area contributed by atoms with Gasteiger partial charge in [-0.15, -0.1) is 0 Å². The number of esters is 1. The van der Waals surface area contributed by atoms with Crippen molar-refractivity contribution >= 4 is 34.1 Å². The maximum Gasteiger partial charge on any atom is 0.319 e. The van der Waals surface area contributed by atoms with Crippen molar-refractivity contribution in [3.63, 3.8) is 0 Å². The van der Waals surface area contributed by atoms with Crippen molar-refractivity contribution in [2.24, 2.45) is 0 Å². The summed E-state index contributed by atoms with van der Waals surface area (Å²) < 4.78 is 27.2. The zero-order valence-electron chi connectivity index (χ0n) is 15.6. The first kappa shape index (κ1) is 21.8. The molecule has 0 spiro atoms. The van der Waals surface area contributed by atoms with E-state index in [4.69, 9.17) is 14.2 Å². The SMILES string of the molecule is COc1ccc(NC(=O)COC(=O)CS(=O)c2ccc([N+](=O)[O-])cc2)c(OC)c1. The van der Waals surface area contributed by atoms with E-state index in [9.17, 15) is 23.9 Å². The molecule has 11 heteroatoms. The van der Waals surface area contributed by atoms with E-state index >= 15 is 0 Å². The quantitative estimate of drug-likeness (QED) is 0.368. The Bertz CT molecular complexity index is 930. The van der Waals surface area contributed by atoms with Gasteiger partial charge in [-0.05, 0) is 24.3 Å². The lowest BCUT2D eigenvalue weighted by Gasteiger charge is -2.11. The zero-order chi connectivity index (χ0) is 21.4. The van der Waals surface area contributed by atoms with Gasteiger partial charge < -0.3 is 19.5 Å². The number of methoxy groups -OCH3 is 2. The van der Waals surface area contributed by atoms with Crippen LogP contribution >= 0.6 is 0 Å². The summed E-state index contributed by atoms with van der Waals surface area (Å²) >= 11 is 0. The Morgan fingerprint density at radius 1 is 1.10 bits per heavy atom. The van der Waals surface area contributed by atoms with Crippen molar-refractivity contribution in [2.45, 2.75) is 4.90 Å². The molecule has 1 unspecified atom stereocenters. The van der Waals surface area contributed by atoms with Crippen LogP contribution in [0.25, 0.3) is 0 Å². The van der Waals surface area contributed by atoms with E-state index in [1.165, 1.54) is 38.5 Å². The summed E-state index contributed by atoms with van der Waals surface area (Å²) in [5.41, 5.74) is 0.211. The Labute approximate surface area is 168 Å². The van der Waals surface area contributed by atoms with Gasteiger partial charge in [-0.25, -0.2) is 0 Å². The van der Waals surface area contributed by atoms with Gasteiger partial charge in [0.05, 0.1) is 35.6 Å². The van der Waals surface area contributed by atoms with Gasteiger partial charge in [0.1, 0.15) is 17.3 Å². The number of hydrogen-bond acceptors (Lipinski definition) is 8. The summed E-state index contributed by atoms with van der Waals surface area (Å²) in [7, 11) is 1.16. The molecule has 0 bridgehead atoms. The highest BCUT2D eigenvalue weighted by atomic mass is 32.2. The van der Waals surface area contributed by atoms with Gasteiger partial charge in [0.15, 0.2) is 6.61 Å². The molecule has 1 amide bonds. The van der Waals surface area contributed by atoms with E-state index in [-0.39, 0.29) is 10.6 Å². The van der Waals surface area contributed by atoms with E-state index in [1.807, 2.05) is 0 Å². The van der Waals surface area contributed by atoms with Gasteiger partial charge in [0.2, 0.25) is 0 Å². The van der Waals surface area contributed by atoms with E-state index in [0.29, 0.717) is 17.2 Å². The monoisotopic (exact) mass is 422 g/mol. The van der Waals surface area contributed by atoms with E-state index < -0.39 is 40.0 Å². The lowest BCUT2D eigenvalue weighted by atomic mass is 10.2. The molecule has 10 nitrogen and oxygen atoms in total. The molecule has 1 N–H and O–H groups in total. The third-order valence-corrected chi connectivity index (χ3v) is 4.90. The van der Waals surface area contributed by atoms with E-state index in [2.05, 4.69) is 5.32 Å². The first-order valence-electron chi connectivity index (χ1n) is 8.14. The molecule has 0 saturated heterocycles. The van der Waals surface area contributed by atoms with Gasteiger partial charge in [-0.3, -0.25) is 23.9 Å². The van der Waals surface area contributed by atoms with Crippen molar-refractivity contribution < 1.29 is 32.9 Å². The molecular formula is C18H18N2O8S. The Kier molecular flexibility index (Phi) is 7.66. The Balaban J connectivity index is 1.86. The molecule has 1 atom stereocenters. The standard InChI is InChI=1S/C18H18N2O8S/c1-26-13-5-8-15(16(9-13)27-2)19-17(21)10-28-18(22)11-29(25)14-6-3-12(4-7-14)20(23)24/h3-9H,10-11H2,1-2H3,(H,19,21). The summed E-state index contributed by atoms with van der Waals surface area (Å²) in [4.78, 5) is 34.1. The normalized spacial score (nSPS) is 11.2. The largest absolute Gasteiger partial charge is 0.497 e. The third kappa shape index (κ3) is 6.28. The molecule has 0 fully saturated rings. The summed E-state index contributed by atoms with van der Waals surface area (Å²) in [6, 6.07) is 9.74. The van der Waals surface area contributed by atoms with Gasteiger partial charge in [0, 0.05) is 23.1 Å². The number of nitro groups is 1. The minimum absolute atomic E-state index is 0.154. The second kappa shape index (κ2) is 10.2. The van der Waals surface area contributed by atoms with Crippen molar-refractivity contribution in [1.29, 1.82) is 0 Å². The zero-order valence-corrected chi connectivity index (χ0v) is 16.4. The number of nitro benzene ring substituents is 1. The van der Waals surface area contributed by atoms with Gasteiger partial charge in [-0.1, -0.05) is 0 Å². The molecule has 0 aliphatic carbocycles. The lowest BCUT2D eigenvalue weighted by Crippen LogP contribution is -2.23. The summed E-state index contributed by atoms with van der Waals surface area (Å²) in [5.74, 6) is -1.04. The number of carbonyl (C=O) groups is 2. The van der Waals surface area contributed by atoms with Crippen LogP contribution in [-0.4, -0.2) is 47.6 Å². The van der Waals surface area contributed by atoms with Crippen LogP contribution in [0.5, 0.6) is 11.5 Å². The summed E-state index contributed by atoms with van der Waals surface area (Å²) in [6.45, 7) is -0.578. The summed E-state index contributed by atoms with van der Waals surface area (Å²) in [5, 5.41) is 13.1. The second-order valence-electron chi connectivity index (χ2n) is 5.52. The highest BCUT2D eigenvalue weighted by Crippen LogP contribution is 2.28. The average molecular weight is 422 g/mol. The number of nitrogens with one attached hydrogen (secondary N) is 1. The molecule has 2 rings (SSSR count). The van der Waals surface area contributed by atoms with Crippen LogP contribution in [0.4, 0.5) is 11.4 Å². The Hall–Kier alpha value is -3.47. The first-order chi connectivity index (χ1) is 13.8. The van der Waals surface area contributed by atoms with Crippen LogP contribution in [0.2, 0.25) is 0 Å². The fourth-order valence-electron chi connectivity index (χ4n) is 2.19. The van der Waals surface area contributed by atoms with Gasteiger partial charge in [-0.2, -0.15) is 0 Å². The second-order valence-corrected chi connectivity index (χ2v) is 6.97. The number of nitrogens with zero attached hydrogens (tertiary/aromatic N) is 1. The van der Waals surface area contributed by atoms with Crippen molar-refractivity contribution in [2.75, 3.05) is 31.9 Å². The van der Waals surface area contributed by atoms with Crippen molar-refractivity contribution in [3.8, 4) is 11.5 Å². The number of carbonyl (C=O) groups excluding carboxylic acids is 2. The topological polar surface area (TPSA) is 134 Å². The fraction of sp³-hybridized carbons (Fsp3) is 0.222. The molecule has 0 aliphatic rings. The molecule has 29 heavy (non-hydrogen) atoms. The molecule has 0 heterocycles. The van der Waals surface area contributed by atoms with Crippen LogP contribution in [0, 0.1) is 10.1 Å². The predicted molar refractivity (Wildman–Crippen MR) is 104 cm³/mol. The molecule has 2 aromatic rings. The smallest absolute Gasteiger partial charge is 0.319 e. The van der Waals surface area contributed by atoms with Crippen LogP contribution in [-0.2, 0) is 25.1 Å². The van der Waals surface area contributed by atoms with Crippen LogP contribution < -0.4 is 14.8 Å². The number of rotatable bonds is 9.